The first-order chi connectivity index (χ1) is 12.6. The van der Waals surface area contributed by atoms with Gasteiger partial charge in [-0.25, -0.2) is 4.79 Å². The number of aromatic nitrogens is 2. The summed E-state index contributed by atoms with van der Waals surface area (Å²) in [4.78, 5) is 37.5. The van der Waals surface area contributed by atoms with Gasteiger partial charge in [-0.3, -0.25) is 9.59 Å². The summed E-state index contributed by atoms with van der Waals surface area (Å²) in [5.41, 5.74) is -0.107. The Bertz CT molecular complexity index is 981. The number of hydrogen-bond donors (Lipinski definition) is 1. The van der Waals surface area contributed by atoms with Crippen molar-refractivity contribution in [2.45, 2.75) is 6.92 Å². The largest absolute Gasteiger partial charge is 0.461 e. The summed E-state index contributed by atoms with van der Waals surface area (Å²) in [6.45, 7) is 1.80. The predicted molar refractivity (Wildman–Crippen MR) is 98.1 cm³/mol. The Kier molecular flexibility index (Phi) is 5.23. The van der Waals surface area contributed by atoms with Crippen molar-refractivity contribution in [1.29, 1.82) is 0 Å². The minimum absolute atomic E-state index is 0.0130. The van der Waals surface area contributed by atoms with Gasteiger partial charge < -0.3 is 10.1 Å². The van der Waals surface area contributed by atoms with Gasteiger partial charge in [-0.1, -0.05) is 24.3 Å². The van der Waals surface area contributed by atoms with E-state index in [1.165, 1.54) is 11.3 Å². The molecule has 26 heavy (non-hydrogen) atoms. The van der Waals surface area contributed by atoms with Crippen LogP contribution in [0.15, 0.2) is 58.7 Å². The number of nitrogens with one attached hydrogen (secondary N) is 1. The van der Waals surface area contributed by atoms with Crippen LogP contribution in [0.25, 0.3) is 5.69 Å². The van der Waals surface area contributed by atoms with Crippen LogP contribution in [0.4, 0.5) is 5.69 Å². The highest BCUT2D eigenvalue weighted by molar-refractivity contribution is 7.12. The van der Waals surface area contributed by atoms with E-state index in [-0.39, 0.29) is 18.0 Å². The lowest BCUT2D eigenvalue weighted by atomic mass is 10.3. The maximum absolute atomic E-state index is 12.4. The van der Waals surface area contributed by atoms with E-state index in [0.717, 1.165) is 10.7 Å². The van der Waals surface area contributed by atoms with Crippen LogP contribution in [0.2, 0.25) is 0 Å². The van der Waals surface area contributed by atoms with E-state index in [0.29, 0.717) is 10.6 Å². The fraction of sp³-hybridized carbons (Fsp3) is 0.111. The third kappa shape index (κ3) is 3.70. The first-order valence-corrected chi connectivity index (χ1v) is 8.70. The Hall–Kier alpha value is -3.26. The van der Waals surface area contributed by atoms with Gasteiger partial charge in [-0.2, -0.15) is 9.78 Å². The summed E-state index contributed by atoms with van der Waals surface area (Å²) in [6, 6.07) is 13.2. The van der Waals surface area contributed by atoms with Crippen molar-refractivity contribution in [3.8, 4) is 5.69 Å². The molecule has 0 aliphatic heterocycles. The summed E-state index contributed by atoms with van der Waals surface area (Å²) < 4.78 is 6.10. The highest BCUT2D eigenvalue weighted by atomic mass is 32.1. The zero-order valence-corrected chi connectivity index (χ0v) is 14.7. The number of rotatable bonds is 5. The normalized spacial score (nSPS) is 10.3. The number of anilines is 1. The summed E-state index contributed by atoms with van der Waals surface area (Å²) >= 11 is 1.25. The molecular weight excluding hydrogens is 354 g/mol. The van der Waals surface area contributed by atoms with Gasteiger partial charge in [0, 0.05) is 6.07 Å². The van der Waals surface area contributed by atoms with Crippen molar-refractivity contribution < 1.29 is 14.3 Å². The minimum Gasteiger partial charge on any atom is -0.461 e. The van der Waals surface area contributed by atoms with Crippen LogP contribution in [0.1, 0.15) is 27.1 Å². The second kappa shape index (κ2) is 7.75. The van der Waals surface area contributed by atoms with Crippen LogP contribution in [-0.4, -0.2) is 28.3 Å². The molecule has 2 aromatic heterocycles. The van der Waals surface area contributed by atoms with Crippen molar-refractivity contribution in [3.63, 3.8) is 0 Å². The number of ether oxygens (including phenoxy) is 1. The molecule has 0 radical (unpaired) electrons. The van der Waals surface area contributed by atoms with E-state index in [1.807, 2.05) is 0 Å². The first-order valence-electron chi connectivity index (χ1n) is 7.82. The van der Waals surface area contributed by atoms with Crippen LogP contribution in [0.5, 0.6) is 0 Å². The van der Waals surface area contributed by atoms with Gasteiger partial charge in [0.25, 0.3) is 11.5 Å². The molecule has 0 saturated carbocycles. The fourth-order valence-electron chi connectivity index (χ4n) is 2.25. The molecule has 0 atom stereocenters. The minimum atomic E-state index is -0.723. The summed E-state index contributed by atoms with van der Waals surface area (Å²) in [7, 11) is 0. The van der Waals surface area contributed by atoms with Gasteiger partial charge in [0.15, 0.2) is 5.69 Å². The van der Waals surface area contributed by atoms with Gasteiger partial charge in [-0.15, -0.1) is 11.3 Å². The molecule has 2 heterocycles. The molecular formula is C18H15N3O4S. The van der Waals surface area contributed by atoms with Gasteiger partial charge in [0.1, 0.15) is 0 Å². The lowest BCUT2D eigenvalue weighted by Gasteiger charge is -2.12. The predicted octanol–water partition coefficient (Wildman–Crippen LogP) is 2.72. The average molecular weight is 369 g/mol. The van der Waals surface area contributed by atoms with Crippen LogP contribution >= 0.6 is 11.3 Å². The van der Waals surface area contributed by atoms with Crippen LogP contribution < -0.4 is 10.9 Å². The number of amides is 1. The number of thiophene rings is 1. The Balaban J connectivity index is 2.05. The first kappa shape index (κ1) is 17.6. The smallest absolute Gasteiger partial charge is 0.360 e. The molecule has 7 nitrogen and oxygen atoms in total. The molecule has 1 aromatic carbocycles. The number of carbonyl (C=O) groups excluding carboxylic acids is 2. The zero-order chi connectivity index (χ0) is 18.5. The number of nitrogens with zero attached hydrogens (tertiary/aromatic N) is 2. The molecule has 0 spiro atoms. The van der Waals surface area contributed by atoms with Crippen molar-refractivity contribution >= 4 is 28.9 Å². The Morgan fingerprint density at radius 2 is 1.96 bits per heavy atom. The highest BCUT2D eigenvalue weighted by Crippen LogP contribution is 2.17. The molecule has 0 aliphatic carbocycles. The Morgan fingerprint density at radius 1 is 1.19 bits per heavy atom. The van der Waals surface area contributed by atoms with Crippen LogP contribution in [0.3, 0.4) is 0 Å². The number of benzene rings is 1. The molecule has 0 unspecified atom stereocenters. The lowest BCUT2D eigenvalue weighted by molar-refractivity contribution is 0.0518. The monoisotopic (exact) mass is 369 g/mol. The van der Waals surface area contributed by atoms with Crippen molar-refractivity contribution in [1.82, 2.24) is 9.78 Å². The van der Waals surface area contributed by atoms with E-state index >= 15 is 0 Å². The topological polar surface area (TPSA) is 90.3 Å². The average Bonchev–Trinajstić information content (AvgIpc) is 3.17. The third-order valence-electron chi connectivity index (χ3n) is 3.39. The summed E-state index contributed by atoms with van der Waals surface area (Å²) in [5.74, 6) is -1.15. The quantitative estimate of drug-likeness (QED) is 0.699. The molecule has 0 saturated heterocycles. The molecule has 3 rings (SSSR count). The van der Waals surface area contributed by atoms with Crippen molar-refractivity contribution in [2.75, 3.05) is 11.9 Å². The number of para-hydroxylation sites is 1. The molecule has 0 aliphatic rings. The highest BCUT2D eigenvalue weighted by Gasteiger charge is 2.20. The number of esters is 1. The van der Waals surface area contributed by atoms with Crippen molar-refractivity contribution in [3.05, 3.63) is 74.8 Å². The standard InChI is InChI=1S/C18H15N3O4S/c1-2-25-18(24)16-13(19-17(23)14-9-6-10-26-14)11-15(22)21(20-16)12-7-4-3-5-8-12/h3-11H,2H2,1H3,(H,19,23). The molecule has 3 aromatic rings. The van der Waals surface area contributed by atoms with Gasteiger partial charge in [0.2, 0.25) is 0 Å². The summed E-state index contributed by atoms with van der Waals surface area (Å²) in [5, 5.41) is 8.44. The van der Waals surface area contributed by atoms with E-state index < -0.39 is 17.4 Å². The molecule has 8 heteroatoms. The maximum atomic E-state index is 12.4. The van der Waals surface area contributed by atoms with Gasteiger partial charge >= 0.3 is 5.97 Å². The van der Waals surface area contributed by atoms with Gasteiger partial charge in [-0.05, 0) is 30.5 Å². The molecule has 1 amide bonds. The van der Waals surface area contributed by atoms with Crippen LogP contribution in [0, 0.1) is 0 Å². The SMILES string of the molecule is CCOC(=O)c1nn(-c2ccccc2)c(=O)cc1NC(=O)c1cccs1. The van der Waals surface area contributed by atoms with E-state index in [2.05, 4.69) is 10.4 Å². The molecule has 0 bridgehead atoms. The summed E-state index contributed by atoms with van der Waals surface area (Å²) in [6.07, 6.45) is 0. The zero-order valence-electron chi connectivity index (χ0n) is 13.8. The Labute approximate surface area is 152 Å². The second-order valence-corrected chi connectivity index (χ2v) is 6.09. The maximum Gasteiger partial charge on any atom is 0.360 e. The number of hydrogen-bond acceptors (Lipinski definition) is 6. The Morgan fingerprint density at radius 3 is 2.62 bits per heavy atom. The molecule has 132 valence electrons. The molecule has 0 fully saturated rings. The van der Waals surface area contributed by atoms with E-state index in [1.54, 1.807) is 54.8 Å². The van der Waals surface area contributed by atoms with Crippen LogP contribution in [-0.2, 0) is 4.74 Å². The van der Waals surface area contributed by atoms with E-state index in [9.17, 15) is 14.4 Å². The second-order valence-electron chi connectivity index (χ2n) is 5.14. The number of carbonyl (C=O) groups is 2. The van der Waals surface area contributed by atoms with E-state index in [4.69, 9.17) is 4.74 Å². The fourth-order valence-corrected chi connectivity index (χ4v) is 2.87. The lowest BCUT2D eigenvalue weighted by Crippen LogP contribution is -2.27. The van der Waals surface area contributed by atoms with Crippen molar-refractivity contribution in [2.24, 2.45) is 0 Å². The third-order valence-corrected chi connectivity index (χ3v) is 4.26. The molecule has 1 N–H and O–H groups in total. The van der Waals surface area contributed by atoms with Gasteiger partial charge in [0.05, 0.1) is 22.9 Å².